The van der Waals surface area contributed by atoms with Crippen LogP contribution < -0.4 is 10.1 Å². The number of ether oxygens (including phenoxy) is 1. The van der Waals surface area contributed by atoms with Gasteiger partial charge in [-0.05, 0) is 34.9 Å². The van der Waals surface area contributed by atoms with Crippen LogP contribution in [-0.2, 0) is 34.5 Å². The standard InChI is InChI=1S/C27H31N3O6S/c1-36-23-12-7-10-21(14-23)15-27(33)28-24-13-6-5-11-22(24)17-30-19-26(32)25(31)18-29(37(30,34)35)16-20-8-3-2-4-9-20/h2-14,25-26,31-32H,15-19H2,1H3,(H,28,33)/t25-,26-/m0/s1. The Kier molecular flexibility index (Phi) is 8.57. The van der Waals surface area contributed by atoms with Crippen LogP contribution in [-0.4, -0.2) is 65.6 Å². The lowest BCUT2D eigenvalue weighted by atomic mass is 10.1. The van der Waals surface area contributed by atoms with Crippen LogP contribution in [0.1, 0.15) is 16.7 Å². The number of rotatable bonds is 8. The highest BCUT2D eigenvalue weighted by Gasteiger charge is 2.39. The molecule has 4 rings (SSSR count). The molecule has 196 valence electrons. The topological polar surface area (TPSA) is 119 Å². The number of benzene rings is 3. The molecule has 0 radical (unpaired) electrons. The molecule has 0 unspecified atom stereocenters. The highest BCUT2D eigenvalue weighted by molar-refractivity contribution is 7.86. The summed E-state index contributed by atoms with van der Waals surface area (Å²) in [6.45, 7) is -0.538. The number of amides is 1. The number of carbonyl (C=O) groups is 1. The first-order chi connectivity index (χ1) is 17.8. The van der Waals surface area contributed by atoms with Gasteiger partial charge in [-0.25, -0.2) is 0 Å². The predicted molar refractivity (Wildman–Crippen MR) is 140 cm³/mol. The molecule has 1 saturated heterocycles. The van der Waals surface area contributed by atoms with Gasteiger partial charge in [0.2, 0.25) is 5.91 Å². The Morgan fingerprint density at radius 3 is 2.22 bits per heavy atom. The van der Waals surface area contributed by atoms with Crippen LogP contribution in [0.2, 0.25) is 0 Å². The van der Waals surface area contributed by atoms with Crippen molar-refractivity contribution in [1.29, 1.82) is 0 Å². The normalized spacial score (nSPS) is 20.2. The summed E-state index contributed by atoms with van der Waals surface area (Å²) in [5, 5.41) is 23.8. The zero-order chi connectivity index (χ0) is 26.4. The highest BCUT2D eigenvalue weighted by Crippen LogP contribution is 2.25. The minimum atomic E-state index is -4.04. The van der Waals surface area contributed by atoms with Gasteiger partial charge < -0.3 is 20.3 Å². The van der Waals surface area contributed by atoms with Gasteiger partial charge in [-0.15, -0.1) is 0 Å². The summed E-state index contributed by atoms with van der Waals surface area (Å²) >= 11 is 0. The molecule has 9 nitrogen and oxygen atoms in total. The van der Waals surface area contributed by atoms with Gasteiger partial charge in [0.1, 0.15) is 5.75 Å². The Balaban J connectivity index is 1.54. The maximum Gasteiger partial charge on any atom is 0.282 e. The molecular formula is C27H31N3O6S. The Bertz CT molecular complexity index is 1320. The van der Waals surface area contributed by atoms with Crippen molar-refractivity contribution in [2.75, 3.05) is 25.5 Å². The minimum Gasteiger partial charge on any atom is -0.497 e. The zero-order valence-electron chi connectivity index (χ0n) is 20.5. The first-order valence-corrected chi connectivity index (χ1v) is 13.3. The number of anilines is 1. The Labute approximate surface area is 217 Å². The van der Waals surface area contributed by atoms with Crippen molar-refractivity contribution in [2.24, 2.45) is 0 Å². The molecular weight excluding hydrogens is 494 g/mol. The van der Waals surface area contributed by atoms with E-state index in [-0.39, 0.29) is 38.5 Å². The molecule has 0 aromatic heterocycles. The SMILES string of the molecule is COc1cccc(CC(=O)Nc2ccccc2CN2C[C@H](O)[C@@H](O)CN(Cc3ccccc3)S2(=O)=O)c1. The van der Waals surface area contributed by atoms with E-state index in [1.54, 1.807) is 61.7 Å². The quantitative estimate of drug-likeness (QED) is 0.415. The second kappa shape index (κ2) is 11.8. The van der Waals surface area contributed by atoms with Crippen molar-refractivity contribution >= 4 is 21.8 Å². The van der Waals surface area contributed by atoms with E-state index in [2.05, 4.69) is 5.32 Å². The molecule has 37 heavy (non-hydrogen) atoms. The summed E-state index contributed by atoms with van der Waals surface area (Å²) in [5.41, 5.74) is 2.57. The molecule has 1 aliphatic heterocycles. The Morgan fingerprint density at radius 1 is 0.892 bits per heavy atom. The van der Waals surface area contributed by atoms with Gasteiger partial charge in [0.25, 0.3) is 10.2 Å². The fraction of sp³-hybridized carbons (Fsp3) is 0.296. The van der Waals surface area contributed by atoms with Gasteiger partial charge in [0.05, 0.1) is 25.7 Å². The Hall–Kier alpha value is -3.28. The van der Waals surface area contributed by atoms with Crippen molar-refractivity contribution < 1.29 is 28.2 Å². The third-order valence-corrected chi connectivity index (χ3v) is 8.08. The lowest BCUT2D eigenvalue weighted by Gasteiger charge is -2.27. The first-order valence-electron chi connectivity index (χ1n) is 11.9. The smallest absolute Gasteiger partial charge is 0.282 e. The molecule has 3 N–H and O–H groups in total. The van der Waals surface area contributed by atoms with Crippen molar-refractivity contribution in [3.63, 3.8) is 0 Å². The number of aliphatic hydroxyl groups is 2. The third-order valence-electron chi connectivity index (χ3n) is 6.22. The summed E-state index contributed by atoms with van der Waals surface area (Å²) in [6.07, 6.45) is -2.38. The maximum atomic E-state index is 13.6. The summed E-state index contributed by atoms with van der Waals surface area (Å²) in [5.74, 6) is 0.387. The summed E-state index contributed by atoms with van der Waals surface area (Å²) in [7, 11) is -2.49. The number of aliphatic hydroxyl groups excluding tert-OH is 2. The minimum absolute atomic E-state index is 0.0579. The van der Waals surface area contributed by atoms with Crippen molar-refractivity contribution in [3.8, 4) is 5.75 Å². The average Bonchev–Trinajstić information content (AvgIpc) is 2.96. The van der Waals surface area contributed by atoms with Gasteiger partial charge in [-0.1, -0.05) is 60.7 Å². The molecule has 0 spiro atoms. The van der Waals surface area contributed by atoms with Crippen molar-refractivity contribution in [3.05, 3.63) is 95.6 Å². The molecule has 3 aromatic carbocycles. The third kappa shape index (κ3) is 6.73. The maximum absolute atomic E-state index is 13.6. The van der Waals surface area contributed by atoms with E-state index in [1.807, 2.05) is 24.3 Å². The van der Waals surface area contributed by atoms with Crippen LogP contribution in [0, 0.1) is 0 Å². The van der Waals surface area contributed by atoms with Gasteiger partial charge in [-0.2, -0.15) is 17.0 Å². The van der Waals surface area contributed by atoms with E-state index >= 15 is 0 Å². The Morgan fingerprint density at radius 2 is 1.51 bits per heavy atom. The molecule has 0 bridgehead atoms. The lowest BCUT2D eigenvalue weighted by molar-refractivity contribution is -0.115. The number of hydrogen-bond acceptors (Lipinski definition) is 6. The van der Waals surface area contributed by atoms with Crippen molar-refractivity contribution in [2.45, 2.75) is 31.7 Å². The van der Waals surface area contributed by atoms with Crippen LogP contribution in [0.5, 0.6) is 5.75 Å². The summed E-state index contributed by atoms with van der Waals surface area (Å²) in [6, 6.07) is 23.2. The number of hydrogen-bond donors (Lipinski definition) is 3. The monoisotopic (exact) mass is 525 g/mol. The van der Waals surface area contributed by atoms with E-state index in [0.717, 1.165) is 15.4 Å². The van der Waals surface area contributed by atoms with Crippen LogP contribution in [0.3, 0.4) is 0 Å². The van der Waals surface area contributed by atoms with E-state index in [1.165, 1.54) is 4.31 Å². The average molecular weight is 526 g/mol. The molecule has 1 aliphatic rings. The van der Waals surface area contributed by atoms with E-state index in [9.17, 15) is 23.4 Å². The molecule has 3 aromatic rings. The van der Waals surface area contributed by atoms with Gasteiger partial charge >= 0.3 is 0 Å². The number of carbonyl (C=O) groups excluding carboxylic acids is 1. The van der Waals surface area contributed by atoms with Crippen molar-refractivity contribution in [1.82, 2.24) is 8.61 Å². The fourth-order valence-electron chi connectivity index (χ4n) is 4.22. The molecule has 10 heteroatoms. The van der Waals surface area contributed by atoms with E-state index in [0.29, 0.717) is 17.0 Å². The highest BCUT2D eigenvalue weighted by atomic mass is 32.2. The van der Waals surface area contributed by atoms with Crippen LogP contribution in [0.4, 0.5) is 5.69 Å². The molecule has 1 fully saturated rings. The van der Waals surface area contributed by atoms with Crippen LogP contribution in [0.15, 0.2) is 78.9 Å². The van der Waals surface area contributed by atoms with Gasteiger partial charge in [-0.3, -0.25) is 4.79 Å². The van der Waals surface area contributed by atoms with E-state index < -0.39 is 22.4 Å². The van der Waals surface area contributed by atoms with Crippen LogP contribution in [0.25, 0.3) is 0 Å². The van der Waals surface area contributed by atoms with Gasteiger partial charge in [0, 0.05) is 31.9 Å². The number of para-hydroxylation sites is 1. The predicted octanol–water partition coefficient (Wildman–Crippen LogP) is 2.16. The largest absolute Gasteiger partial charge is 0.497 e. The summed E-state index contributed by atoms with van der Waals surface area (Å²) in [4.78, 5) is 12.8. The zero-order valence-corrected chi connectivity index (χ0v) is 21.3. The number of methoxy groups -OCH3 is 1. The molecule has 1 amide bonds. The summed E-state index contributed by atoms with van der Waals surface area (Å²) < 4.78 is 34.7. The second-order valence-electron chi connectivity index (χ2n) is 8.95. The fourth-order valence-corrected chi connectivity index (χ4v) is 5.85. The number of nitrogens with zero attached hydrogens (tertiary/aromatic N) is 2. The second-order valence-corrected chi connectivity index (χ2v) is 10.9. The van der Waals surface area contributed by atoms with Gasteiger partial charge in [0.15, 0.2) is 0 Å². The first kappa shape index (κ1) is 26.8. The number of nitrogens with one attached hydrogen (secondary N) is 1. The molecule has 0 aliphatic carbocycles. The molecule has 2 atom stereocenters. The van der Waals surface area contributed by atoms with Crippen LogP contribution >= 0.6 is 0 Å². The van der Waals surface area contributed by atoms with E-state index in [4.69, 9.17) is 4.74 Å². The molecule has 0 saturated carbocycles. The molecule has 1 heterocycles. The number of β-amino-alcohol motifs (C(OH)–C–C–N with tert-alkyl or cyclic N) is 2. The lowest BCUT2D eigenvalue weighted by Crippen LogP contribution is -2.42.